The van der Waals surface area contributed by atoms with E-state index in [4.69, 9.17) is 5.26 Å². The van der Waals surface area contributed by atoms with Crippen LogP contribution in [0.25, 0.3) is 0 Å². The van der Waals surface area contributed by atoms with Gasteiger partial charge in [0, 0.05) is 18.6 Å². The molecule has 2 saturated heterocycles. The quantitative estimate of drug-likeness (QED) is 0.753. The van der Waals surface area contributed by atoms with Crippen LogP contribution in [0.4, 0.5) is 0 Å². The van der Waals surface area contributed by atoms with Crippen molar-refractivity contribution in [2.75, 3.05) is 0 Å². The zero-order chi connectivity index (χ0) is 11.0. The highest BCUT2D eigenvalue weighted by atomic mass is 15.2. The molecule has 2 aliphatic rings. The van der Waals surface area contributed by atoms with Gasteiger partial charge in [-0.05, 0) is 43.4 Å². The number of benzene rings is 1. The van der Waals surface area contributed by atoms with Crippen molar-refractivity contribution >= 4 is 0 Å². The molecule has 2 heteroatoms. The van der Waals surface area contributed by atoms with Crippen molar-refractivity contribution in [1.82, 2.24) is 4.90 Å². The first-order chi connectivity index (χ1) is 7.86. The molecule has 0 saturated carbocycles. The Hall–Kier alpha value is -1.33. The average molecular weight is 212 g/mol. The summed E-state index contributed by atoms with van der Waals surface area (Å²) in [5.74, 6) is 0. The van der Waals surface area contributed by atoms with Crippen LogP contribution in [-0.4, -0.2) is 17.0 Å². The monoisotopic (exact) mass is 212 g/mol. The number of hydrogen-bond donors (Lipinski definition) is 0. The molecule has 0 aliphatic carbocycles. The van der Waals surface area contributed by atoms with Gasteiger partial charge in [-0.2, -0.15) is 5.26 Å². The van der Waals surface area contributed by atoms with Gasteiger partial charge in [0.05, 0.1) is 11.6 Å². The van der Waals surface area contributed by atoms with E-state index in [1.54, 1.807) is 0 Å². The van der Waals surface area contributed by atoms with Crippen LogP contribution in [0.3, 0.4) is 0 Å². The second kappa shape index (κ2) is 3.92. The first-order valence-electron chi connectivity index (χ1n) is 6.11. The Kier molecular flexibility index (Phi) is 2.41. The topological polar surface area (TPSA) is 27.0 Å². The van der Waals surface area contributed by atoms with E-state index in [1.807, 2.05) is 12.1 Å². The first-order valence-corrected chi connectivity index (χ1v) is 6.11. The minimum atomic E-state index is 0.758. The molecule has 2 aliphatic heterocycles. The number of rotatable bonds is 2. The van der Waals surface area contributed by atoms with Gasteiger partial charge < -0.3 is 0 Å². The summed E-state index contributed by atoms with van der Waals surface area (Å²) in [6.45, 7) is 1.07. The summed E-state index contributed by atoms with van der Waals surface area (Å²) in [5, 5.41) is 8.75. The van der Waals surface area contributed by atoms with E-state index >= 15 is 0 Å². The molecule has 1 aromatic rings. The fraction of sp³-hybridized carbons (Fsp3) is 0.500. The van der Waals surface area contributed by atoms with Gasteiger partial charge >= 0.3 is 0 Å². The van der Waals surface area contributed by atoms with Crippen LogP contribution in [0, 0.1) is 11.3 Å². The van der Waals surface area contributed by atoms with E-state index in [2.05, 4.69) is 23.1 Å². The summed E-state index contributed by atoms with van der Waals surface area (Å²) >= 11 is 0. The Balaban J connectivity index is 1.72. The molecular formula is C14H16N2. The predicted octanol–water partition coefficient (Wildman–Crippen LogP) is 2.69. The predicted molar refractivity (Wildman–Crippen MR) is 62.7 cm³/mol. The van der Waals surface area contributed by atoms with Crippen molar-refractivity contribution in [3.05, 3.63) is 35.4 Å². The van der Waals surface area contributed by atoms with Gasteiger partial charge in [0.1, 0.15) is 0 Å². The number of nitriles is 1. The van der Waals surface area contributed by atoms with Crippen molar-refractivity contribution in [3.8, 4) is 6.07 Å². The van der Waals surface area contributed by atoms with Gasteiger partial charge in [0.25, 0.3) is 0 Å². The van der Waals surface area contributed by atoms with Crippen LogP contribution in [-0.2, 0) is 6.54 Å². The van der Waals surface area contributed by atoms with Gasteiger partial charge in [0.15, 0.2) is 0 Å². The zero-order valence-electron chi connectivity index (χ0n) is 9.39. The summed E-state index contributed by atoms with van der Waals surface area (Å²) in [5.41, 5.74) is 2.10. The fourth-order valence-corrected chi connectivity index (χ4v) is 3.17. The smallest absolute Gasteiger partial charge is 0.0991 e. The van der Waals surface area contributed by atoms with Crippen molar-refractivity contribution in [2.45, 2.75) is 44.3 Å². The summed E-state index contributed by atoms with van der Waals surface area (Å²) in [7, 11) is 0. The molecule has 0 atom stereocenters. The van der Waals surface area contributed by atoms with E-state index in [9.17, 15) is 0 Å². The second-order valence-corrected chi connectivity index (χ2v) is 4.94. The fourth-order valence-electron chi connectivity index (χ4n) is 3.17. The highest BCUT2D eigenvalue weighted by molar-refractivity contribution is 5.31. The highest BCUT2D eigenvalue weighted by Gasteiger charge is 2.38. The zero-order valence-corrected chi connectivity index (χ0v) is 9.39. The maximum atomic E-state index is 8.75. The maximum absolute atomic E-state index is 8.75. The van der Waals surface area contributed by atoms with Crippen LogP contribution in [0.1, 0.15) is 36.8 Å². The second-order valence-electron chi connectivity index (χ2n) is 4.94. The SMILES string of the molecule is N#Cc1ccc(CN2C3CCC2CC3)cc1. The van der Waals surface area contributed by atoms with E-state index in [0.29, 0.717) is 0 Å². The molecular weight excluding hydrogens is 196 g/mol. The van der Waals surface area contributed by atoms with Gasteiger partial charge in [-0.3, -0.25) is 4.90 Å². The molecule has 16 heavy (non-hydrogen) atoms. The number of nitrogens with zero attached hydrogens (tertiary/aromatic N) is 2. The molecule has 0 N–H and O–H groups in total. The summed E-state index contributed by atoms with van der Waals surface area (Å²) < 4.78 is 0. The molecule has 2 fully saturated rings. The van der Waals surface area contributed by atoms with E-state index in [1.165, 1.54) is 31.2 Å². The van der Waals surface area contributed by atoms with Crippen LogP contribution < -0.4 is 0 Å². The summed E-state index contributed by atoms with van der Waals surface area (Å²) in [6, 6.07) is 11.9. The highest BCUT2D eigenvalue weighted by Crippen LogP contribution is 2.38. The van der Waals surface area contributed by atoms with Crippen LogP contribution >= 0.6 is 0 Å². The van der Waals surface area contributed by atoms with Gasteiger partial charge in [-0.25, -0.2) is 0 Å². The molecule has 0 unspecified atom stereocenters. The third-order valence-corrected chi connectivity index (χ3v) is 4.05. The van der Waals surface area contributed by atoms with Crippen molar-refractivity contribution in [2.24, 2.45) is 0 Å². The van der Waals surface area contributed by atoms with Gasteiger partial charge in [0.2, 0.25) is 0 Å². The Morgan fingerprint density at radius 3 is 2.12 bits per heavy atom. The number of fused-ring (bicyclic) bond motifs is 2. The lowest BCUT2D eigenvalue weighted by Crippen LogP contribution is -2.27. The third-order valence-electron chi connectivity index (χ3n) is 4.05. The molecule has 0 radical (unpaired) electrons. The molecule has 3 rings (SSSR count). The van der Waals surface area contributed by atoms with Crippen LogP contribution in [0.15, 0.2) is 24.3 Å². The molecule has 0 amide bonds. The summed E-state index contributed by atoms with van der Waals surface area (Å²) in [4.78, 5) is 2.65. The molecule has 0 aromatic heterocycles. The Bertz CT molecular complexity index is 395. The Morgan fingerprint density at radius 1 is 1.06 bits per heavy atom. The average Bonchev–Trinajstić information content (AvgIpc) is 2.90. The lowest BCUT2D eigenvalue weighted by Gasteiger charge is -2.21. The molecule has 1 aromatic carbocycles. The number of hydrogen-bond acceptors (Lipinski definition) is 2. The summed E-state index contributed by atoms with van der Waals surface area (Å²) in [6.07, 6.45) is 5.56. The minimum Gasteiger partial charge on any atom is -0.293 e. The van der Waals surface area contributed by atoms with E-state index in [0.717, 1.165) is 24.2 Å². The van der Waals surface area contributed by atoms with E-state index < -0.39 is 0 Å². The molecule has 2 heterocycles. The van der Waals surface area contributed by atoms with E-state index in [-0.39, 0.29) is 0 Å². The normalized spacial score (nSPS) is 28.2. The third kappa shape index (κ3) is 1.62. The largest absolute Gasteiger partial charge is 0.293 e. The van der Waals surface area contributed by atoms with Crippen molar-refractivity contribution in [3.63, 3.8) is 0 Å². The molecule has 0 spiro atoms. The molecule has 82 valence electrons. The van der Waals surface area contributed by atoms with Crippen LogP contribution in [0.5, 0.6) is 0 Å². The minimum absolute atomic E-state index is 0.758. The Morgan fingerprint density at radius 2 is 1.62 bits per heavy atom. The Labute approximate surface area is 96.5 Å². The first kappa shape index (κ1) is 9.86. The maximum Gasteiger partial charge on any atom is 0.0991 e. The molecule has 2 bridgehead atoms. The molecule has 2 nitrogen and oxygen atoms in total. The standard InChI is InChI=1S/C14H16N2/c15-9-11-1-3-12(4-2-11)10-16-13-5-6-14(16)8-7-13/h1-4,13-14H,5-8,10H2. The van der Waals surface area contributed by atoms with Crippen LogP contribution in [0.2, 0.25) is 0 Å². The van der Waals surface area contributed by atoms with Crippen molar-refractivity contribution in [1.29, 1.82) is 5.26 Å². The lowest BCUT2D eigenvalue weighted by atomic mass is 10.0. The van der Waals surface area contributed by atoms with Gasteiger partial charge in [-0.15, -0.1) is 0 Å². The lowest BCUT2D eigenvalue weighted by molar-refractivity contribution is 0.244. The van der Waals surface area contributed by atoms with Gasteiger partial charge in [-0.1, -0.05) is 12.1 Å². The van der Waals surface area contributed by atoms with Crippen molar-refractivity contribution < 1.29 is 0 Å².